The smallest absolute Gasteiger partial charge is 0.416 e. The summed E-state index contributed by atoms with van der Waals surface area (Å²) in [4.78, 5) is 9.25. The number of aromatic nitrogens is 2. The van der Waals surface area contributed by atoms with Crippen LogP contribution in [0, 0.1) is 0 Å². The topological polar surface area (TPSA) is 58.5 Å². The van der Waals surface area contributed by atoms with Gasteiger partial charge in [-0.1, -0.05) is 12.1 Å². The van der Waals surface area contributed by atoms with Gasteiger partial charge in [-0.15, -0.1) is 0 Å². The molecule has 0 aliphatic rings. The van der Waals surface area contributed by atoms with Crippen LogP contribution in [0.25, 0.3) is 10.9 Å². The van der Waals surface area contributed by atoms with E-state index in [2.05, 4.69) is 9.97 Å². The van der Waals surface area contributed by atoms with Crippen molar-refractivity contribution >= 4 is 16.7 Å². The second-order valence-electron chi connectivity index (χ2n) is 6.59. The molecular weight excluding hydrogens is 409 g/mol. The number of halogens is 5. The Morgan fingerprint density at radius 1 is 1.03 bits per heavy atom. The molecular formula is C20H18F5N3O2. The van der Waals surface area contributed by atoms with E-state index in [0.29, 0.717) is 10.9 Å². The number of hydrogen-bond acceptors (Lipinski definition) is 5. The summed E-state index contributed by atoms with van der Waals surface area (Å²) < 4.78 is 69.3. The summed E-state index contributed by atoms with van der Waals surface area (Å²) in [7, 11) is 1.57. The average Bonchev–Trinajstić information content (AvgIpc) is 2.71. The molecule has 0 amide bonds. The third kappa shape index (κ3) is 5.12. The Balaban J connectivity index is 1.68. The van der Waals surface area contributed by atoms with Gasteiger partial charge in [0.15, 0.2) is 5.82 Å². The number of alkyl halides is 5. The van der Waals surface area contributed by atoms with Crippen molar-refractivity contribution in [3.63, 3.8) is 0 Å². The summed E-state index contributed by atoms with van der Waals surface area (Å²) in [5.41, 5.74) is -0.458. The predicted molar refractivity (Wildman–Crippen MR) is 101 cm³/mol. The zero-order valence-corrected chi connectivity index (χ0v) is 15.8. The number of benzene rings is 2. The third-order valence-electron chi connectivity index (χ3n) is 4.27. The van der Waals surface area contributed by atoms with Gasteiger partial charge in [-0.25, -0.2) is 18.7 Å². The number of nitrogens with zero attached hydrogens (tertiary/aromatic N) is 3. The summed E-state index contributed by atoms with van der Waals surface area (Å²) in [5.74, 6) is -0.229. The minimum Gasteiger partial charge on any atom is -0.491 e. The lowest BCUT2D eigenvalue weighted by atomic mass is 10.2. The fraction of sp³-hybridized carbons (Fsp3) is 0.300. The molecule has 5 nitrogen and oxygen atoms in total. The third-order valence-corrected chi connectivity index (χ3v) is 4.27. The quantitative estimate of drug-likeness (QED) is 0.564. The number of anilines is 1. The first-order valence-electron chi connectivity index (χ1n) is 8.89. The lowest BCUT2D eigenvalue weighted by Crippen LogP contribution is -2.34. The number of likely N-dealkylation sites (N-methyl/N-ethyl adjacent to an activating group) is 1. The van der Waals surface area contributed by atoms with Crippen LogP contribution in [0.5, 0.6) is 5.75 Å². The molecule has 3 rings (SSSR count). The van der Waals surface area contributed by atoms with Crippen molar-refractivity contribution in [1.82, 2.24) is 9.97 Å². The van der Waals surface area contributed by atoms with Crippen molar-refractivity contribution in [3.05, 3.63) is 59.9 Å². The molecule has 2 aromatic carbocycles. The molecule has 0 bridgehead atoms. The van der Waals surface area contributed by atoms with Gasteiger partial charge in [0.05, 0.1) is 11.1 Å². The summed E-state index contributed by atoms with van der Waals surface area (Å²) in [6.07, 6.45) is -8.35. The molecule has 0 aliphatic heterocycles. The van der Waals surface area contributed by atoms with Crippen molar-refractivity contribution in [1.29, 1.82) is 0 Å². The normalized spacial score (nSPS) is 12.9. The maximum atomic E-state index is 13.1. The van der Waals surface area contributed by atoms with Gasteiger partial charge in [-0.2, -0.15) is 13.2 Å². The van der Waals surface area contributed by atoms with E-state index >= 15 is 0 Å². The van der Waals surface area contributed by atoms with Gasteiger partial charge in [-0.05, 0) is 36.4 Å². The van der Waals surface area contributed by atoms with Crippen LogP contribution >= 0.6 is 0 Å². The summed E-state index contributed by atoms with van der Waals surface area (Å²) in [6, 6.07) is 10.7. The van der Waals surface area contributed by atoms with Crippen LogP contribution in [-0.4, -0.2) is 41.4 Å². The maximum Gasteiger partial charge on any atom is 0.416 e. The van der Waals surface area contributed by atoms with Crippen LogP contribution < -0.4 is 9.64 Å². The largest absolute Gasteiger partial charge is 0.491 e. The summed E-state index contributed by atoms with van der Waals surface area (Å²) >= 11 is 0. The Labute approximate surface area is 168 Å². The van der Waals surface area contributed by atoms with E-state index in [0.717, 1.165) is 24.3 Å². The molecule has 1 unspecified atom stereocenters. The molecule has 1 heterocycles. The summed E-state index contributed by atoms with van der Waals surface area (Å²) in [6.45, 7) is -0.218. The highest BCUT2D eigenvalue weighted by molar-refractivity contribution is 5.89. The van der Waals surface area contributed by atoms with Crippen LogP contribution in [0.2, 0.25) is 0 Å². The van der Waals surface area contributed by atoms with Crippen molar-refractivity contribution in [2.24, 2.45) is 0 Å². The van der Waals surface area contributed by atoms with Gasteiger partial charge >= 0.3 is 6.18 Å². The number of aliphatic hydroxyl groups is 1. The molecule has 1 aromatic heterocycles. The van der Waals surface area contributed by atoms with E-state index in [-0.39, 0.29) is 24.7 Å². The molecule has 0 saturated heterocycles. The van der Waals surface area contributed by atoms with Gasteiger partial charge in [0.25, 0.3) is 6.43 Å². The minimum absolute atomic E-state index is 0.00960. The van der Waals surface area contributed by atoms with Gasteiger partial charge in [0.2, 0.25) is 0 Å². The Kier molecular flexibility index (Phi) is 6.35. The highest BCUT2D eigenvalue weighted by Crippen LogP contribution is 2.30. The lowest BCUT2D eigenvalue weighted by molar-refractivity contribution is -0.137. The number of hydrogen-bond donors (Lipinski definition) is 1. The average molecular weight is 427 g/mol. The Hall–Kier alpha value is -3.01. The van der Waals surface area contributed by atoms with Crippen molar-refractivity contribution in [2.45, 2.75) is 18.7 Å². The molecule has 0 aliphatic carbocycles. The number of fused-ring (bicyclic) bond motifs is 1. The van der Waals surface area contributed by atoms with Gasteiger partial charge < -0.3 is 14.7 Å². The van der Waals surface area contributed by atoms with E-state index in [1.54, 1.807) is 31.3 Å². The molecule has 0 fully saturated rings. The molecule has 1 atom stereocenters. The zero-order valence-electron chi connectivity index (χ0n) is 15.8. The molecule has 0 saturated carbocycles. The van der Waals surface area contributed by atoms with Gasteiger partial charge in [-0.3, -0.25) is 0 Å². The Morgan fingerprint density at radius 2 is 1.70 bits per heavy atom. The number of aliphatic hydroxyl groups excluding tert-OH is 1. The van der Waals surface area contributed by atoms with Crippen LogP contribution in [-0.2, 0) is 6.18 Å². The first kappa shape index (κ1) is 21.7. The summed E-state index contributed by atoms with van der Waals surface area (Å²) in [5, 5.41) is 10.8. The van der Waals surface area contributed by atoms with E-state index in [9.17, 15) is 27.1 Å². The molecule has 1 N–H and O–H groups in total. The SMILES string of the molecule is CN(CC(O)COc1ccc(C(F)(F)F)cc1)c1nc(C(F)F)nc2ccccc12. The minimum atomic E-state index is -4.45. The lowest BCUT2D eigenvalue weighted by Gasteiger charge is -2.23. The number of rotatable bonds is 7. The van der Waals surface area contributed by atoms with Crippen molar-refractivity contribution in [2.75, 3.05) is 25.1 Å². The Bertz CT molecular complexity index is 996. The van der Waals surface area contributed by atoms with Crippen molar-refractivity contribution < 1.29 is 31.8 Å². The second kappa shape index (κ2) is 8.78. The van der Waals surface area contributed by atoms with Crippen LogP contribution in [0.4, 0.5) is 27.8 Å². The Morgan fingerprint density at radius 3 is 2.33 bits per heavy atom. The standard InChI is InChI=1S/C20H18F5N3O2/c1-28(19-15-4-2-3-5-16(15)26-18(27-19)17(21)22)10-13(29)11-30-14-8-6-12(7-9-14)20(23,24)25/h2-9,13,17,29H,10-11H2,1H3. The van der Waals surface area contributed by atoms with Gasteiger partial charge in [0, 0.05) is 19.0 Å². The van der Waals surface area contributed by atoms with Crippen LogP contribution in [0.3, 0.4) is 0 Å². The number of ether oxygens (including phenoxy) is 1. The molecule has 0 spiro atoms. The zero-order chi connectivity index (χ0) is 21.9. The van der Waals surface area contributed by atoms with Crippen LogP contribution in [0.1, 0.15) is 17.8 Å². The monoisotopic (exact) mass is 427 g/mol. The fourth-order valence-corrected chi connectivity index (χ4v) is 2.85. The maximum absolute atomic E-state index is 13.1. The van der Waals surface area contributed by atoms with E-state index in [1.807, 2.05) is 0 Å². The molecule has 30 heavy (non-hydrogen) atoms. The molecule has 160 valence electrons. The molecule has 0 radical (unpaired) electrons. The highest BCUT2D eigenvalue weighted by Gasteiger charge is 2.30. The predicted octanol–water partition coefficient (Wildman–Crippen LogP) is 4.46. The molecule has 10 heteroatoms. The van der Waals surface area contributed by atoms with E-state index in [4.69, 9.17) is 4.74 Å². The highest BCUT2D eigenvalue weighted by atomic mass is 19.4. The first-order valence-corrected chi connectivity index (χ1v) is 8.89. The fourth-order valence-electron chi connectivity index (χ4n) is 2.85. The van der Waals surface area contributed by atoms with E-state index in [1.165, 1.54) is 4.90 Å². The number of para-hydroxylation sites is 1. The van der Waals surface area contributed by atoms with Crippen LogP contribution in [0.15, 0.2) is 48.5 Å². The van der Waals surface area contributed by atoms with E-state index < -0.39 is 30.1 Å². The molecule has 3 aromatic rings. The second-order valence-corrected chi connectivity index (χ2v) is 6.59. The van der Waals surface area contributed by atoms with Crippen molar-refractivity contribution in [3.8, 4) is 5.75 Å². The van der Waals surface area contributed by atoms with Gasteiger partial charge in [0.1, 0.15) is 24.3 Å². The first-order chi connectivity index (χ1) is 14.1.